The van der Waals surface area contributed by atoms with Gasteiger partial charge in [0.25, 0.3) is 0 Å². The van der Waals surface area contributed by atoms with Crippen LogP contribution in [0.1, 0.15) is 33.1 Å². The van der Waals surface area contributed by atoms with E-state index in [1.807, 2.05) is 6.92 Å². The van der Waals surface area contributed by atoms with Crippen LogP contribution in [-0.4, -0.2) is 16.9 Å². The average Bonchev–Trinajstić information content (AvgIpc) is 1.99. The van der Waals surface area contributed by atoms with E-state index in [1.54, 1.807) is 6.92 Å². The highest BCUT2D eigenvalue weighted by Crippen LogP contribution is 2.38. The zero-order valence-electron chi connectivity index (χ0n) is 7.46. The van der Waals surface area contributed by atoms with Crippen LogP contribution in [0.25, 0.3) is 0 Å². The molecule has 1 N–H and O–H groups in total. The van der Waals surface area contributed by atoms with Crippen LogP contribution in [0.15, 0.2) is 0 Å². The minimum absolute atomic E-state index is 0.0313. The Morgan fingerprint density at radius 1 is 1.67 bits per heavy atom. The molecular weight excluding hydrogens is 156 g/mol. The van der Waals surface area contributed by atoms with Crippen LogP contribution < -0.4 is 0 Å². The lowest BCUT2D eigenvalue weighted by atomic mass is 9.67. The Labute approximate surface area is 71.8 Å². The van der Waals surface area contributed by atoms with Gasteiger partial charge in [0.05, 0.1) is 0 Å². The third-order valence-corrected chi connectivity index (χ3v) is 3.05. The van der Waals surface area contributed by atoms with Crippen molar-refractivity contribution in [1.29, 1.82) is 0 Å². The number of carbonyl (C=O) groups is 2. The summed E-state index contributed by atoms with van der Waals surface area (Å²) in [5.74, 6) is -1.12. The molecule has 0 spiro atoms. The van der Waals surface area contributed by atoms with Crippen LogP contribution in [0.4, 0.5) is 0 Å². The van der Waals surface area contributed by atoms with Gasteiger partial charge in [0.1, 0.15) is 11.2 Å². The predicted molar refractivity (Wildman–Crippen MR) is 43.8 cm³/mol. The molecule has 0 saturated heterocycles. The van der Waals surface area contributed by atoms with Crippen LogP contribution >= 0.6 is 0 Å². The second kappa shape index (κ2) is 2.88. The molecule has 0 aliphatic heterocycles. The van der Waals surface area contributed by atoms with Crippen molar-refractivity contribution in [3.05, 3.63) is 0 Å². The average molecular weight is 170 g/mol. The van der Waals surface area contributed by atoms with Crippen LogP contribution in [-0.2, 0) is 9.59 Å². The number of rotatable bonds is 1. The van der Waals surface area contributed by atoms with Gasteiger partial charge in [-0.1, -0.05) is 6.92 Å². The molecule has 0 heterocycles. The fourth-order valence-corrected chi connectivity index (χ4v) is 1.72. The van der Waals surface area contributed by atoms with E-state index in [-0.39, 0.29) is 11.7 Å². The molecule has 1 fully saturated rings. The van der Waals surface area contributed by atoms with Gasteiger partial charge in [-0.15, -0.1) is 0 Å². The third-order valence-electron chi connectivity index (χ3n) is 3.05. The standard InChI is InChI=1S/C9H14O3/c1-6-4-3-5-7(10)9(6,2)8(11)12/h6H,3-5H2,1-2H3,(H,11,12)/t6-,9-/m0/s1. The summed E-state index contributed by atoms with van der Waals surface area (Å²) < 4.78 is 0. The molecule has 0 unspecified atom stereocenters. The van der Waals surface area contributed by atoms with Crippen LogP contribution in [0.2, 0.25) is 0 Å². The van der Waals surface area contributed by atoms with Crippen LogP contribution in [0, 0.1) is 11.3 Å². The van der Waals surface area contributed by atoms with Crippen molar-refractivity contribution in [2.75, 3.05) is 0 Å². The van der Waals surface area contributed by atoms with E-state index < -0.39 is 11.4 Å². The summed E-state index contributed by atoms with van der Waals surface area (Å²) in [5.41, 5.74) is -1.13. The highest BCUT2D eigenvalue weighted by atomic mass is 16.4. The molecule has 1 aliphatic rings. The molecule has 3 nitrogen and oxygen atoms in total. The van der Waals surface area contributed by atoms with Gasteiger partial charge >= 0.3 is 5.97 Å². The van der Waals surface area contributed by atoms with Crippen molar-refractivity contribution in [3.8, 4) is 0 Å². The van der Waals surface area contributed by atoms with Crippen molar-refractivity contribution < 1.29 is 14.7 Å². The van der Waals surface area contributed by atoms with E-state index in [0.29, 0.717) is 6.42 Å². The highest BCUT2D eigenvalue weighted by molar-refractivity contribution is 6.03. The first-order valence-electron chi connectivity index (χ1n) is 4.26. The zero-order valence-corrected chi connectivity index (χ0v) is 7.46. The maximum absolute atomic E-state index is 11.4. The molecular formula is C9H14O3. The first-order valence-corrected chi connectivity index (χ1v) is 4.26. The summed E-state index contributed by atoms with van der Waals surface area (Å²) >= 11 is 0. The minimum atomic E-state index is -1.13. The molecule has 0 amide bonds. The number of carboxylic acid groups (broad SMARTS) is 1. The van der Waals surface area contributed by atoms with E-state index >= 15 is 0 Å². The monoisotopic (exact) mass is 170 g/mol. The third kappa shape index (κ3) is 1.13. The second-order valence-corrected chi connectivity index (χ2v) is 3.72. The lowest BCUT2D eigenvalue weighted by molar-refractivity contribution is -0.159. The Morgan fingerprint density at radius 2 is 2.25 bits per heavy atom. The first kappa shape index (κ1) is 9.23. The summed E-state index contributed by atoms with van der Waals surface area (Å²) in [5, 5.41) is 8.92. The topological polar surface area (TPSA) is 54.4 Å². The molecule has 12 heavy (non-hydrogen) atoms. The Kier molecular flexibility index (Phi) is 2.22. The van der Waals surface area contributed by atoms with Gasteiger partial charge in [-0.2, -0.15) is 0 Å². The number of hydrogen-bond acceptors (Lipinski definition) is 2. The van der Waals surface area contributed by atoms with Gasteiger partial charge in [-0.3, -0.25) is 9.59 Å². The molecule has 1 rings (SSSR count). The Bertz CT molecular complexity index is 222. The lowest BCUT2D eigenvalue weighted by Crippen LogP contribution is -2.44. The highest BCUT2D eigenvalue weighted by Gasteiger charge is 2.47. The van der Waals surface area contributed by atoms with Gasteiger partial charge in [0, 0.05) is 6.42 Å². The smallest absolute Gasteiger partial charge is 0.317 e. The van der Waals surface area contributed by atoms with E-state index in [2.05, 4.69) is 0 Å². The molecule has 0 aromatic heterocycles. The Hall–Kier alpha value is -0.860. The Morgan fingerprint density at radius 3 is 2.58 bits per heavy atom. The number of ketones is 1. The molecule has 0 aromatic rings. The van der Waals surface area contributed by atoms with Crippen LogP contribution in [0.5, 0.6) is 0 Å². The molecule has 2 atom stereocenters. The summed E-state index contributed by atoms with van der Waals surface area (Å²) in [6.45, 7) is 3.38. The van der Waals surface area contributed by atoms with Crippen molar-refractivity contribution in [1.82, 2.24) is 0 Å². The molecule has 1 aliphatic carbocycles. The van der Waals surface area contributed by atoms with Gasteiger partial charge in [0.15, 0.2) is 0 Å². The predicted octanol–water partition coefficient (Wildman–Crippen LogP) is 1.47. The van der Waals surface area contributed by atoms with Gasteiger partial charge in [-0.25, -0.2) is 0 Å². The molecule has 0 bridgehead atoms. The van der Waals surface area contributed by atoms with Crippen molar-refractivity contribution in [2.45, 2.75) is 33.1 Å². The SMILES string of the molecule is C[C@H]1CCCC(=O)[C@@]1(C)C(=O)O. The molecule has 0 aromatic carbocycles. The van der Waals surface area contributed by atoms with Gasteiger partial charge in [0.2, 0.25) is 0 Å². The number of hydrogen-bond donors (Lipinski definition) is 1. The molecule has 0 radical (unpaired) electrons. The fourth-order valence-electron chi connectivity index (χ4n) is 1.72. The lowest BCUT2D eigenvalue weighted by Gasteiger charge is -2.33. The maximum atomic E-state index is 11.4. The zero-order chi connectivity index (χ0) is 9.35. The van der Waals surface area contributed by atoms with Gasteiger partial charge in [-0.05, 0) is 25.7 Å². The number of carboxylic acids is 1. The van der Waals surface area contributed by atoms with E-state index in [9.17, 15) is 9.59 Å². The fraction of sp³-hybridized carbons (Fsp3) is 0.778. The molecule has 1 saturated carbocycles. The summed E-state index contributed by atoms with van der Waals surface area (Å²) in [4.78, 5) is 22.3. The molecule has 68 valence electrons. The van der Waals surface area contributed by atoms with Crippen molar-refractivity contribution in [3.63, 3.8) is 0 Å². The number of aliphatic carboxylic acids is 1. The normalized spacial score (nSPS) is 36.5. The quantitative estimate of drug-likeness (QED) is 0.606. The van der Waals surface area contributed by atoms with Crippen molar-refractivity contribution >= 4 is 11.8 Å². The summed E-state index contributed by atoms with van der Waals surface area (Å²) in [7, 11) is 0. The summed E-state index contributed by atoms with van der Waals surface area (Å²) in [6, 6.07) is 0. The summed E-state index contributed by atoms with van der Waals surface area (Å²) in [6.07, 6.45) is 2.10. The van der Waals surface area contributed by atoms with Gasteiger partial charge < -0.3 is 5.11 Å². The van der Waals surface area contributed by atoms with Crippen LogP contribution in [0.3, 0.4) is 0 Å². The van der Waals surface area contributed by atoms with E-state index in [0.717, 1.165) is 12.8 Å². The van der Waals surface area contributed by atoms with E-state index in [4.69, 9.17) is 5.11 Å². The Balaban J connectivity index is 2.95. The second-order valence-electron chi connectivity index (χ2n) is 3.72. The van der Waals surface area contributed by atoms with E-state index in [1.165, 1.54) is 0 Å². The molecule has 3 heteroatoms. The minimum Gasteiger partial charge on any atom is -0.480 e. The number of Topliss-reactive ketones (excluding diaryl/α,β-unsaturated/α-hetero) is 1. The largest absolute Gasteiger partial charge is 0.480 e. The first-order chi connectivity index (χ1) is 5.49. The maximum Gasteiger partial charge on any atom is 0.317 e. The van der Waals surface area contributed by atoms with Crippen molar-refractivity contribution in [2.24, 2.45) is 11.3 Å². The number of carbonyl (C=O) groups excluding carboxylic acids is 1.